The highest BCUT2D eigenvalue weighted by Gasteiger charge is 2.14. The van der Waals surface area contributed by atoms with E-state index in [9.17, 15) is 0 Å². The summed E-state index contributed by atoms with van der Waals surface area (Å²) in [4.78, 5) is 0. The summed E-state index contributed by atoms with van der Waals surface area (Å²) in [5, 5.41) is 4.17. The Hall–Kier alpha value is -0.380. The maximum Gasteiger partial charge on any atom is 0.0955 e. The molecule has 0 amide bonds. The minimum atomic E-state index is 0.0681. The normalized spacial score (nSPS) is 14.1. The largest absolute Gasteiger partial charge is 0.372 e. The molecular formula is C12H21NOS. The predicted octanol–water partition coefficient (Wildman–Crippen LogP) is 3.20. The fourth-order valence-electron chi connectivity index (χ4n) is 1.27. The van der Waals surface area contributed by atoms with Gasteiger partial charge in [-0.2, -0.15) is 11.3 Å². The second-order valence-corrected chi connectivity index (χ2v) is 5.74. The maximum atomic E-state index is 5.79. The molecule has 15 heavy (non-hydrogen) atoms. The van der Waals surface area contributed by atoms with Crippen LogP contribution < -0.4 is 5.73 Å². The molecule has 86 valence electrons. The van der Waals surface area contributed by atoms with Crippen molar-refractivity contribution in [3.05, 3.63) is 22.4 Å². The van der Waals surface area contributed by atoms with Crippen molar-refractivity contribution < 1.29 is 4.74 Å². The van der Waals surface area contributed by atoms with Crippen LogP contribution in [0.15, 0.2) is 16.8 Å². The third kappa shape index (κ3) is 4.78. The standard InChI is InChI=1S/C12H21NOS/c1-12(2,3)5-6-14-11(8-13)10-4-7-15-9-10/h4,7,9,11H,5-6,8,13H2,1-3H3. The highest BCUT2D eigenvalue weighted by molar-refractivity contribution is 7.07. The first-order valence-electron chi connectivity index (χ1n) is 5.37. The Balaban J connectivity index is 2.36. The number of nitrogens with two attached hydrogens (primary N) is 1. The van der Waals surface area contributed by atoms with Crippen molar-refractivity contribution in [1.29, 1.82) is 0 Å². The van der Waals surface area contributed by atoms with E-state index < -0.39 is 0 Å². The van der Waals surface area contributed by atoms with Gasteiger partial charge in [0.15, 0.2) is 0 Å². The molecule has 0 spiro atoms. The number of rotatable bonds is 5. The molecule has 0 saturated carbocycles. The molecule has 0 aromatic carbocycles. The van der Waals surface area contributed by atoms with E-state index in [0.717, 1.165) is 13.0 Å². The lowest BCUT2D eigenvalue weighted by Crippen LogP contribution is -2.18. The van der Waals surface area contributed by atoms with Crippen molar-refractivity contribution in [2.75, 3.05) is 13.2 Å². The third-order valence-corrected chi connectivity index (χ3v) is 3.00. The Morgan fingerprint density at radius 2 is 2.20 bits per heavy atom. The Morgan fingerprint density at radius 1 is 1.47 bits per heavy atom. The van der Waals surface area contributed by atoms with Crippen LogP contribution >= 0.6 is 11.3 Å². The molecule has 0 saturated heterocycles. The second-order valence-electron chi connectivity index (χ2n) is 4.96. The van der Waals surface area contributed by atoms with Crippen LogP contribution in [0.1, 0.15) is 38.9 Å². The summed E-state index contributed by atoms with van der Waals surface area (Å²) < 4.78 is 5.79. The minimum absolute atomic E-state index is 0.0681. The monoisotopic (exact) mass is 227 g/mol. The van der Waals surface area contributed by atoms with Crippen LogP contribution in [0.25, 0.3) is 0 Å². The van der Waals surface area contributed by atoms with Gasteiger partial charge in [-0.25, -0.2) is 0 Å². The molecule has 0 bridgehead atoms. The van der Waals surface area contributed by atoms with Crippen LogP contribution in [0.5, 0.6) is 0 Å². The van der Waals surface area contributed by atoms with Crippen LogP contribution in [0.2, 0.25) is 0 Å². The number of hydrogen-bond donors (Lipinski definition) is 1. The Bertz CT molecular complexity index is 264. The van der Waals surface area contributed by atoms with Crippen LogP contribution in [-0.4, -0.2) is 13.2 Å². The molecule has 0 aliphatic carbocycles. The minimum Gasteiger partial charge on any atom is -0.372 e. The smallest absolute Gasteiger partial charge is 0.0955 e. The lowest BCUT2D eigenvalue weighted by atomic mass is 9.93. The highest BCUT2D eigenvalue weighted by Crippen LogP contribution is 2.22. The van der Waals surface area contributed by atoms with E-state index in [4.69, 9.17) is 10.5 Å². The van der Waals surface area contributed by atoms with Gasteiger partial charge in [-0.3, -0.25) is 0 Å². The first-order valence-corrected chi connectivity index (χ1v) is 6.31. The van der Waals surface area contributed by atoms with Crippen LogP contribution in [0.4, 0.5) is 0 Å². The molecule has 0 aliphatic heterocycles. The van der Waals surface area contributed by atoms with Crippen LogP contribution in [0, 0.1) is 5.41 Å². The topological polar surface area (TPSA) is 35.2 Å². The van der Waals surface area contributed by atoms with Crippen molar-refractivity contribution in [1.82, 2.24) is 0 Å². The first kappa shape index (κ1) is 12.7. The fourth-order valence-corrected chi connectivity index (χ4v) is 1.97. The molecule has 0 aliphatic rings. The van der Waals surface area contributed by atoms with Gasteiger partial charge in [0.2, 0.25) is 0 Å². The fraction of sp³-hybridized carbons (Fsp3) is 0.667. The number of thiophene rings is 1. The molecule has 1 heterocycles. The zero-order valence-corrected chi connectivity index (χ0v) is 10.6. The molecule has 0 fully saturated rings. The molecule has 1 aromatic rings. The van der Waals surface area contributed by atoms with E-state index >= 15 is 0 Å². The second kappa shape index (κ2) is 5.64. The molecule has 1 unspecified atom stereocenters. The lowest BCUT2D eigenvalue weighted by molar-refractivity contribution is 0.0425. The summed E-state index contributed by atoms with van der Waals surface area (Å²) in [6.07, 6.45) is 1.13. The van der Waals surface area contributed by atoms with Gasteiger partial charge in [0.25, 0.3) is 0 Å². The number of ether oxygens (including phenoxy) is 1. The van der Waals surface area contributed by atoms with E-state index in [2.05, 4.69) is 37.6 Å². The molecule has 3 heteroatoms. The van der Waals surface area contributed by atoms with E-state index in [-0.39, 0.29) is 6.10 Å². The summed E-state index contributed by atoms with van der Waals surface area (Å²) in [6, 6.07) is 2.08. The first-order chi connectivity index (χ1) is 7.03. The molecule has 0 radical (unpaired) electrons. The van der Waals surface area contributed by atoms with E-state index in [1.165, 1.54) is 5.56 Å². The number of hydrogen-bond acceptors (Lipinski definition) is 3. The average molecular weight is 227 g/mol. The van der Waals surface area contributed by atoms with Gasteiger partial charge in [-0.15, -0.1) is 0 Å². The summed E-state index contributed by atoms with van der Waals surface area (Å²) in [6.45, 7) is 8.00. The Labute approximate surface area is 96.4 Å². The van der Waals surface area contributed by atoms with E-state index in [0.29, 0.717) is 12.0 Å². The SMILES string of the molecule is CC(C)(C)CCOC(CN)c1ccsc1. The zero-order valence-electron chi connectivity index (χ0n) is 9.82. The quantitative estimate of drug-likeness (QED) is 0.838. The summed E-state index contributed by atoms with van der Waals surface area (Å²) in [7, 11) is 0. The summed E-state index contributed by atoms with van der Waals surface area (Å²) in [5.74, 6) is 0. The third-order valence-electron chi connectivity index (χ3n) is 2.30. The van der Waals surface area contributed by atoms with Crippen molar-refractivity contribution in [3.63, 3.8) is 0 Å². The van der Waals surface area contributed by atoms with Crippen molar-refractivity contribution >= 4 is 11.3 Å². The van der Waals surface area contributed by atoms with E-state index in [1.807, 2.05) is 0 Å². The van der Waals surface area contributed by atoms with Gasteiger partial charge in [0.1, 0.15) is 0 Å². The van der Waals surface area contributed by atoms with Gasteiger partial charge in [-0.05, 0) is 34.2 Å². The lowest BCUT2D eigenvalue weighted by Gasteiger charge is -2.21. The molecule has 1 rings (SSSR count). The van der Waals surface area contributed by atoms with E-state index in [1.54, 1.807) is 11.3 Å². The average Bonchev–Trinajstić information content (AvgIpc) is 2.63. The predicted molar refractivity (Wildman–Crippen MR) is 66.1 cm³/mol. The van der Waals surface area contributed by atoms with Crippen molar-refractivity contribution in [2.24, 2.45) is 11.1 Å². The van der Waals surface area contributed by atoms with Gasteiger partial charge < -0.3 is 10.5 Å². The molecule has 1 atom stereocenters. The zero-order chi connectivity index (χ0) is 11.3. The summed E-state index contributed by atoms with van der Waals surface area (Å²) >= 11 is 1.69. The molecule has 2 N–H and O–H groups in total. The van der Waals surface area contributed by atoms with Gasteiger partial charge >= 0.3 is 0 Å². The Kier molecular flexibility index (Phi) is 4.77. The van der Waals surface area contributed by atoms with Crippen LogP contribution in [0.3, 0.4) is 0 Å². The highest BCUT2D eigenvalue weighted by atomic mass is 32.1. The van der Waals surface area contributed by atoms with Crippen molar-refractivity contribution in [3.8, 4) is 0 Å². The maximum absolute atomic E-state index is 5.79. The van der Waals surface area contributed by atoms with Crippen LogP contribution in [-0.2, 0) is 4.74 Å². The van der Waals surface area contributed by atoms with Gasteiger partial charge in [0.05, 0.1) is 6.10 Å². The molecular weight excluding hydrogens is 206 g/mol. The summed E-state index contributed by atoms with van der Waals surface area (Å²) in [5.41, 5.74) is 7.23. The van der Waals surface area contributed by atoms with Crippen molar-refractivity contribution in [2.45, 2.75) is 33.3 Å². The van der Waals surface area contributed by atoms with Gasteiger partial charge in [-0.1, -0.05) is 20.8 Å². The molecule has 2 nitrogen and oxygen atoms in total. The Morgan fingerprint density at radius 3 is 2.67 bits per heavy atom. The molecule has 1 aromatic heterocycles. The van der Waals surface area contributed by atoms with Gasteiger partial charge in [0, 0.05) is 13.2 Å².